The second-order valence-corrected chi connectivity index (χ2v) is 5.32. The number of nitrogens with one attached hydrogen (secondary N) is 1. The summed E-state index contributed by atoms with van der Waals surface area (Å²) in [6.45, 7) is 0. The van der Waals surface area contributed by atoms with E-state index in [9.17, 15) is 9.50 Å². The van der Waals surface area contributed by atoms with Gasteiger partial charge in [-0.15, -0.1) is 0 Å². The van der Waals surface area contributed by atoms with Gasteiger partial charge in [0.25, 0.3) is 0 Å². The van der Waals surface area contributed by atoms with Gasteiger partial charge in [0.2, 0.25) is 0 Å². The highest BCUT2D eigenvalue weighted by molar-refractivity contribution is 5.40. The molecule has 1 aromatic rings. The summed E-state index contributed by atoms with van der Waals surface area (Å²) in [7, 11) is 0. The molecular weight excluding hydrogens is 217 g/mol. The highest BCUT2D eigenvalue weighted by atomic mass is 19.1. The lowest BCUT2D eigenvalue weighted by molar-refractivity contribution is 0.438. The van der Waals surface area contributed by atoms with E-state index in [1.807, 2.05) is 0 Å². The predicted molar refractivity (Wildman–Crippen MR) is 64.7 cm³/mol. The number of phenols is 1. The molecule has 1 atom stereocenters. The summed E-state index contributed by atoms with van der Waals surface area (Å²) in [6, 6.07) is 3.89. The van der Waals surface area contributed by atoms with Crippen molar-refractivity contribution in [3.05, 3.63) is 29.1 Å². The largest absolute Gasteiger partial charge is 0.508 e. The van der Waals surface area contributed by atoms with E-state index < -0.39 is 0 Å². The molecule has 2 aliphatic carbocycles. The molecule has 0 saturated heterocycles. The highest BCUT2D eigenvalue weighted by Crippen LogP contribution is 2.30. The number of rotatable bonds is 2. The summed E-state index contributed by atoms with van der Waals surface area (Å²) in [5.74, 6) is -0.210. The lowest BCUT2D eigenvalue weighted by Gasteiger charge is -2.17. The minimum atomic E-state index is -0.254. The SMILES string of the molecule is Oc1cc(F)c2c(c1)CC(NC1CCCC1)C2. The maximum atomic E-state index is 13.7. The van der Waals surface area contributed by atoms with Gasteiger partial charge in [-0.25, -0.2) is 4.39 Å². The Morgan fingerprint density at radius 1 is 1.12 bits per heavy atom. The van der Waals surface area contributed by atoms with Gasteiger partial charge in [0.05, 0.1) is 0 Å². The van der Waals surface area contributed by atoms with Crippen molar-refractivity contribution in [2.75, 3.05) is 0 Å². The normalized spacial score (nSPS) is 24.2. The van der Waals surface area contributed by atoms with Gasteiger partial charge < -0.3 is 10.4 Å². The van der Waals surface area contributed by atoms with Gasteiger partial charge in [0.1, 0.15) is 11.6 Å². The van der Waals surface area contributed by atoms with Crippen LogP contribution >= 0.6 is 0 Å². The van der Waals surface area contributed by atoms with Gasteiger partial charge in [-0.05, 0) is 42.9 Å². The summed E-state index contributed by atoms with van der Waals surface area (Å²) in [5.41, 5.74) is 1.76. The standard InChI is InChI=1S/C14H18FNO/c15-14-8-12(17)6-9-5-11(7-13(9)14)16-10-3-1-2-4-10/h6,8,10-11,16-17H,1-5,7H2. The Morgan fingerprint density at radius 2 is 1.88 bits per heavy atom. The topological polar surface area (TPSA) is 32.3 Å². The van der Waals surface area contributed by atoms with Crippen LogP contribution in [-0.2, 0) is 12.8 Å². The number of halogens is 1. The van der Waals surface area contributed by atoms with Gasteiger partial charge in [-0.3, -0.25) is 0 Å². The van der Waals surface area contributed by atoms with E-state index in [2.05, 4.69) is 5.32 Å². The molecule has 0 amide bonds. The maximum Gasteiger partial charge on any atom is 0.130 e. The lowest BCUT2D eigenvalue weighted by Crippen LogP contribution is -2.37. The fourth-order valence-electron chi connectivity index (χ4n) is 3.22. The van der Waals surface area contributed by atoms with E-state index in [0.717, 1.165) is 24.0 Å². The zero-order valence-corrected chi connectivity index (χ0v) is 9.88. The van der Waals surface area contributed by atoms with E-state index in [-0.39, 0.29) is 11.6 Å². The van der Waals surface area contributed by atoms with E-state index in [1.165, 1.54) is 31.7 Å². The number of hydrogen-bond donors (Lipinski definition) is 2. The first-order valence-corrected chi connectivity index (χ1v) is 6.48. The number of phenolic OH excluding ortho intramolecular Hbond substituents is 1. The zero-order valence-electron chi connectivity index (χ0n) is 9.88. The van der Waals surface area contributed by atoms with Crippen LogP contribution in [0.1, 0.15) is 36.8 Å². The average Bonchev–Trinajstić information content (AvgIpc) is 2.87. The van der Waals surface area contributed by atoms with E-state index in [1.54, 1.807) is 6.07 Å². The third-order valence-electron chi connectivity index (χ3n) is 4.02. The van der Waals surface area contributed by atoms with Crippen molar-refractivity contribution >= 4 is 0 Å². The van der Waals surface area contributed by atoms with E-state index in [0.29, 0.717) is 12.1 Å². The summed E-state index contributed by atoms with van der Waals surface area (Å²) >= 11 is 0. The summed E-state index contributed by atoms with van der Waals surface area (Å²) in [6.07, 6.45) is 6.73. The first-order chi connectivity index (χ1) is 8.22. The molecule has 92 valence electrons. The first kappa shape index (κ1) is 11.0. The van der Waals surface area contributed by atoms with Crippen LogP contribution in [0.5, 0.6) is 5.75 Å². The molecule has 0 spiro atoms. The molecule has 0 heterocycles. The quantitative estimate of drug-likeness (QED) is 0.825. The molecule has 2 nitrogen and oxygen atoms in total. The molecule has 2 aliphatic rings. The van der Waals surface area contributed by atoms with Crippen LogP contribution in [0.3, 0.4) is 0 Å². The summed E-state index contributed by atoms with van der Waals surface area (Å²) < 4.78 is 13.7. The number of benzene rings is 1. The number of aromatic hydroxyl groups is 1. The van der Waals surface area contributed by atoms with Crippen molar-refractivity contribution in [3.63, 3.8) is 0 Å². The fraction of sp³-hybridized carbons (Fsp3) is 0.571. The van der Waals surface area contributed by atoms with Crippen LogP contribution < -0.4 is 5.32 Å². The molecule has 1 unspecified atom stereocenters. The Bertz CT molecular complexity index is 426. The highest BCUT2D eigenvalue weighted by Gasteiger charge is 2.27. The molecule has 0 bridgehead atoms. The molecule has 1 saturated carbocycles. The molecule has 3 rings (SSSR count). The van der Waals surface area contributed by atoms with Gasteiger partial charge in [0, 0.05) is 18.2 Å². The first-order valence-electron chi connectivity index (χ1n) is 6.48. The van der Waals surface area contributed by atoms with Crippen molar-refractivity contribution < 1.29 is 9.50 Å². The summed E-state index contributed by atoms with van der Waals surface area (Å²) in [4.78, 5) is 0. The lowest BCUT2D eigenvalue weighted by atomic mass is 10.1. The third-order valence-corrected chi connectivity index (χ3v) is 4.02. The Hall–Kier alpha value is -1.09. The maximum absolute atomic E-state index is 13.7. The Balaban J connectivity index is 1.71. The smallest absolute Gasteiger partial charge is 0.130 e. The van der Waals surface area contributed by atoms with Crippen LogP contribution in [0.25, 0.3) is 0 Å². The van der Waals surface area contributed by atoms with Crippen LogP contribution in [0.4, 0.5) is 4.39 Å². The molecule has 1 aromatic carbocycles. The van der Waals surface area contributed by atoms with Gasteiger partial charge in [0.15, 0.2) is 0 Å². The van der Waals surface area contributed by atoms with Crippen molar-refractivity contribution in [3.8, 4) is 5.75 Å². The molecule has 0 aromatic heterocycles. The molecule has 0 aliphatic heterocycles. The van der Waals surface area contributed by atoms with Gasteiger partial charge in [-0.2, -0.15) is 0 Å². The number of hydrogen-bond acceptors (Lipinski definition) is 2. The van der Waals surface area contributed by atoms with Crippen molar-refractivity contribution in [2.24, 2.45) is 0 Å². The minimum Gasteiger partial charge on any atom is -0.508 e. The number of fused-ring (bicyclic) bond motifs is 1. The molecule has 0 radical (unpaired) electrons. The molecule has 3 heteroatoms. The van der Waals surface area contributed by atoms with Crippen LogP contribution in [0.2, 0.25) is 0 Å². The summed E-state index contributed by atoms with van der Waals surface area (Å²) in [5, 5.41) is 13.0. The zero-order chi connectivity index (χ0) is 11.8. The second kappa shape index (κ2) is 4.30. The predicted octanol–water partition coefficient (Wildman–Crippen LogP) is 2.53. The van der Waals surface area contributed by atoms with E-state index >= 15 is 0 Å². The molecule has 17 heavy (non-hydrogen) atoms. The van der Waals surface area contributed by atoms with Crippen molar-refractivity contribution in [1.29, 1.82) is 0 Å². The fourth-order valence-corrected chi connectivity index (χ4v) is 3.22. The van der Waals surface area contributed by atoms with Gasteiger partial charge >= 0.3 is 0 Å². The van der Waals surface area contributed by atoms with Crippen molar-refractivity contribution in [1.82, 2.24) is 5.32 Å². The van der Waals surface area contributed by atoms with Crippen molar-refractivity contribution in [2.45, 2.75) is 50.6 Å². The van der Waals surface area contributed by atoms with Gasteiger partial charge in [-0.1, -0.05) is 12.8 Å². The Morgan fingerprint density at radius 3 is 2.65 bits per heavy atom. The third kappa shape index (κ3) is 2.16. The van der Waals surface area contributed by atoms with Crippen LogP contribution in [0.15, 0.2) is 12.1 Å². The van der Waals surface area contributed by atoms with Crippen LogP contribution in [-0.4, -0.2) is 17.2 Å². The Labute approximate surface area is 101 Å². The average molecular weight is 235 g/mol. The second-order valence-electron chi connectivity index (χ2n) is 5.32. The monoisotopic (exact) mass is 235 g/mol. The van der Waals surface area contributed by atoms with E-state index in [4.69, 9.17) is 0 Å². The minimum absolute atomic E-state index is 0.0442. The Kier molecular flexibility index (Phi) is 2.79. The van der Waals surface area contributed by atoms with Crippen LogP contribution in [0, 0.1) is 5.82 Å². The molecule has 2 N–H and O–H groups in total. The molecule has 1 fully saturated rings. The molecular formula is C14H18FNO.